The van der Waals surface area contributed by atoms with E-state index in [2.05, 4.69) is 10.6 Å². The van der Waals surface area contributed by atoms with Gasteiger partial charge < -0.3 is 16.4 Å². The van der Waals surface area contributed by atoms with E-state index in [0.717, 1.165) is 30.6 Å². The molecule has 108 valence electrons. The minimum Gasteiger partial charge on any atom is -0.330 e. The van der Waals surface area contributed by atoms with E-state index < -0.39 is 0 Å². The first-order chi connectivity index (χ1) is 9.60. The number of nitrogens with two attached hydrogens (primary N) is 1. The molecule has 2 amide bonds. The zero-order valence-corrected chi connectivity index (χ0v) is 11.7. The second kappa shape index (κ2) is 6.52. The number of benzene rings is 1. The van der Waals surface area contributed by atoms with E-state index in [1.165, 1.54) is 6.92 Å². The van der Waals surface area contributed by atoms with Gasteiger partial charge in [0, 0.05) is 24.2 Å². The molecule has 1 aliphatic carbocycles. The average molecular weight is 275 g/mol. The number of rotatable bonds is 4. The SMILES string of the molecule is CC(=O)Nc1ccc(NC(=O)C2CCCC2CN)cc1. The van der Waals surface area contributed by atoms with Crippen molar-refractivity contribution in [1.29, 1.82) is 0 Å². The third-order valence-electron chi connectivity index (χ3n) is 3.77. The van der Waals surface area contributed by atoms with Gasteiger partial charge >= 0.3 is 0 Å². The highest BCUT2D eigenvalue weighted by Gasteiger charge is 2.31. The van der Waals surface area contributed by atoms with Gasteiger partial charge in [0.1, 0.15) is 0 Å². The van der Waals surface area contributed by atoms with Gasteiger partial charge in [-0.2, -0.15) is 0 Å². The topological polar surface area (TPSA) is 84.2 Å². The summed E-state index contributed by atoms with van der Waals surface area (Å²) in [6.45, 7) is 2.03. The Kier molecular flexibility index (Phi) is 4.74. The van der Waals surface area contributed by atoms with Crippen molar-refractivity contribution in [3.05, 3.63) is 24.3 Å². The monoisotopic (exact) mass is 275 g/mol. The first-order valence-electron chi connectivity index (χ1n) is 6.98. The van der Waals surface area contributed by atoms with Crippen LogP contribution in [-0.4, -0.2) is 18.4 Å². The molecule has 1 aromatic carbocycles. The second-order valence-electron chi connectivity index (χ2n) is 5.28. The summed E-state index contributed by atoms with van der Waals surface area (Å²) in [5.74, 6) is 0.257. The molecule has 1 aliphatic rings. The Morgan fingerprint density at radius 1 is 1.15 bits per heavy atom. The van der Waals surface area contributed by atoms with Crippen molar-refractivity contribution < 1.29 is 9.59 Å². The molecule has 20 heavy (non-hydrogen) atoms. The Hall–Kier alpha value is -1.88. The van der Waals surface area contributed by atoms with Crippen LogP contribution in [0.4, 0.5) is 11.4 Å². The lowest BCUT2D eigenvalue weighted by molar-refractivity contribution is -0.120. The molecule has 2 atom stereocenters. The summed E-state index contributed by atoms with van der Waals surface area (Å²) in [6, 6.07) is 7.11. The predicted molar refractivity (Wildman–Crippen MR) is 79.3 cm³/mol. The molecule has 0 spiro atoms. The van der Waals surface area contributed by atoms with Gasteiger partial charge in [-0.25, -0.2) is 0 Å². The van der Waals surface area contributed by atoms with Crippen LogP contribution >= 0.6 is 0 Å². The Morgan fingerprint density at radius 2 is 1.75 bits per heavy atom. The van der Waals surface area contributed by atoms with Gasteiger partial charge in [-0.15, -0.1) is 0 Å². The molecule has 0 bridgehead atoms. The van der Waals surface area contributed by atoms with E-state index in [-0.39, 0.29) is 17.7 Å². The summed E-state index contributed by atoms with van der Waals surface area (Å²) >= 11 is 0. The molecule has 2 unspecified atom stereocenters. The van der Waals surface area contributed by atoms with E-state index in [1.54, 1.807) is 24.3 Å². The number of nitrogens with one attached hydrogen (secondary N) is 2. The molecule has 1 saturated carbocycles. The van der Waals surface area contributed by atoms with Crippen molar-refractivity contribution in [3.8, 4) is 0 Å². The van der Waals surface area contributed by atoms with E-state index >= 15 is 0 Å². The molecular weight excluding hydrogens is 254 g/mol. The number of anilines is 2. The zero-order valence-electron chi connectivity index (χ0n) is 11.7. The maximum Gasteiger partial charge on any atom is 0.227 e. The molecule has 0 saturated heterocycles. The van der Waals surface area contributed by atoms with Crippen molar-refractivity contribution in [2.45, 2.75) is 26.2 Å². The van der Waals surface area contributed by atoms with Gasteiger partial charge in [0.05, 0.1) is 0 Å². The van der Waals surface area contributed by atoms with Crippen LogP contribution in [0.1, 0.15) is 26.2 Å². The predicted octanol–water partition coefficient (Wildman–Crippen LogP) is 1.96. The van der Waals surface area contributed by atoms with Crippen LogP contribution in [0.15, 0.2) is 24.3 Å². The Morgan fingerprint density at radius 3 is 2.30 bits per heavy atom. The number of hydrogen-bond acceptors (Lipinski definition) is 3. The second-order valence-corrected chi connectivity index (χ2v) is 5.28. The fourth-order valence-corrected chi connectivity index (χ4v) is 2.74. The number of hydrogen-bond donors (Lipinski definition) is 3. The van der Waals surface area contributed by atoms with E-state index in [4.69, 9.17) is 5.73 Å². The quantitative estimate of drug-likeness (QED) is 0.785. The summed E-state index contributed by atoms with van der Waals surface area (Å²) in [5.41, 5.74) is 7.16. The van der Waals surface area contributed by atoms with Crippen LogP contribution in [0, 0.1) is 11.8 Å². The molecule has 1 fully saturated rings. The van der Waals surface area contributed by atoms with Gasteiger partial charge in [0.15, 0.2) is 0 Å². The van der Waals surface area contributed by atoms with Gasteiger partial charge in [-0.1, -0.05) is 6.42 Å². The third kappa shape index (κ3) is 3.57. The number of carbonyl (C=O) groups is 2. The molecular formula is C15H21N3O2. The van der Waals surface area contributed by atoms with E-state index in [0.29, 0.717) is 12.5 Å². The zero-order chi connectivity index (χ0) is 14.5. The molecule has 5 heteroatoms. The largest absolute Gasteiger partial charge is 0.330 e. The molecule has 0 radical (unpaired) electrons. The third-order valence-corrected chi connectivity index (χ3v) is 3.77. The highest BCUT2D eigenvalue weighted by molar-refractivity contribution is 5.93. The summed E-state index contributed by atoms with van der Waals surface area (Å²) in [5, 5.41) is 5.61. The van der Waals surface area contributed by atoms with Crippen molar-refractivity contribution in [3.63, 3.8) is 0 Å². The summed E-state index contributed by atoms with van der Waals surface area (Å²) < 4.78 is 0. The first-order valence-corrected chi connectivity index (χ1v) is 6.98. The number of amides is 2. The highest BCUT2D eigenvalue weighted by atomic mass is 16.2. The van der Waals surface area contributed by atoms with Gasteiger partial charge in [-0.05, 0) is 49.6 Å². The first kappa shape index (κ1) is 14.5. The minimum atomic E-state index is -0.112. The maximum atomic E-state index is 12.2. The molecule has 4 N–H and O–H groups in total. The van der Waals surface area contributed by atoms with Crippen molar-refractivity contribution in [2.75, 3.05) is 17.2 Å². The van der Waals surface area contributed by atoms with Crippen molar-refractivity contribution in [2.24, 2.45) is 17.6 Å². The van der Waals surface area contributed by atoms with Crippen LogP contribution in [0.25, 0.3) is 0 Å². The van der Waals surface area contributed by atoms with Crippen LogP contribution in [0.5, 0.6) is 0 Å². The normalized spacial score (nSPS) is 21.5. The average Bonchev–Trinajstić information content (AvgIpc) is 2.89. The Bertz CT molecular complexity index is 484. The van der Waals surface area contributed by atoms with E-state index in [9.17, 15) is 9.59 Å². The fourth-order valence-electron chi connectivity index (χ4n) is 2.74. The van der Waals surface area contributed by atoms with Crippen molar-refractivity contribution in [1.82, 2.24) is 0 Å². The van der Waals surface area contributed by atoms with Crippen LogP contribution in [0.3, 0.4) is 0 Å². The van der Waals surface area contributed by atoms with Crippen molar-refractivity contribution >= 4 is 23.2 Å². The van der Waals surface area contributed by atoms with Crippen LogP contribution in [-0.2, 0) is 9.59 Å². The minimum absolute atomic E-state index is 0.0232. The standard InChI is InChI=1S/C15H21N3O2/c1-10(19)17-12-5-7-13(8-6-12)18-15(20)14-4-2-3-11(14)9-16/h5-8,11,14H,2-4,9,16H2,1H3,(H,17,19)(H,18,20). The Labute approximate surface area is 118 Å². The van der Waals surface area contributed by atoms with Gasteiger partial charge in [0.25, 0.3) is 0 Å². The lowest BCUT2D eigenvalue weighted by atomic mass is 9.95. The summed E-state index contributed by atoms with van der Waals surface area (Å²) in [7, 11) is 0. The molecule has 5 nitrogen and oxygen atoms in total. The Balaban J connectivity index is 1.95. The lowest BCUT2D eigenvalue weighted by Gasteiger charge is -2.17. The lowest BCUT2D eigenvalue weighted by Crippen LogP contribution is -2.29. The smallest absolute Gasteiger partial charge is 0.227 e. The summed E-state index contributed by atoms with van der Waals surface area (Å²) in [6.07, 6.45) is 3.02. The molecule has 0 aliphatic heterocycles. The molecule has 1 aromatic rings. The fraction of sp³-hybridized carbons (Fsp3) is 0.467. The molecule has 2 rings (SSSR count). The van der Waals surface area contributed by atoms with E-state index in [1.807, 2.05) is 0 Å². The highest BCUT2D eigenvalue weighted by Crippen LogP contribution is 2.31. The maximum absolute atomic E-state index is 12.2. The summed E-state index contributed by atoms with van der Waals surface area (Å²) in [4.78, 5) is 23.1. The molecule has 0 heterocycles. The van der Waals surface area contributed by atoms with Crippen LogP contribution < -0.4 is 16.4 Å². The molecule has 0 aromatic heterocycles. The number of carbonyl (C=O) groups excluding carboxylic acids is 2. The van der Waals surface area contributed by atoms with Crippen LogP contribution in [0.2, 0.25) is 0 Å². The van der Waals surface area contributed by atoms with Gasteiger partial charge in [0.2, 0.25) is 11.8 Å². The van der Waals surface area contributed by atoms with Gasteiger partial charge in [-0.3, -0.25) is 9.59 Å².